The van der Waals surface area contributed by atoms with Crippen LogP contribution in [0.25, 0.3) is 16.9 Å². The van der Waals surface area contributed by atoms with E-state index in [-0.39, 0.29) is 26.2 Å². The summed E-state index contributed by atoms with van der Waals surface area (Å²) in [5.41, 5.74) is 13.9. The minimum Gasteiger partial charge on any atom is -0.675 e. The fraction of sp³-hybridized carbons (Fsp3) is 0.429. The molecule has 2 aliphatic rings. The van der Waals surface area contributed by atoms with Crippen molar-refractivity contribution in [2.45, 2.75) is 72.5 Å². The van der Waals surface area contributed by atoms with Gasteiger partial charge in [-0.1, -0.05) is 126 Å². The Morgan fingerprint density at radius 3 is 1.39 bits per heavy atom. The van der Waals surface area contributed by atoms with Crippen molar-refractivity contribution in [1.82, 2.24) is 0 Å². The van der Waals surface area contributed by atoms with E-state index in [1.54, 1.807) is 0 Å². The third kappa shape index (κ3) is 12.0. The van der Waals surface area contributed by atoms with E-state index in [2.05, 4.69) is 95.4 Å². The van der Waals surface area contributed by atoms with Crippen molar-refractivity contribution in [2.24, 2.45) is 5.92 Å². The first-order chi connectivity index (χ1) is 14.4. The second-order valence-electron chi connectivity index (χ2n) is 8.09. The maximum atomic E-state index is 7.13. The number of nitrogens with one attached hydrogen (secondary N) is 1. The molecule has 2 aromatic rings. The smallest absolute Gasteiger partial charge is 0.675 e. The van der Waals surface area contributed by atoms with Gasteiger partial charge >= 0.3 is 26.2 Å². The van der Waals surface area contributed by atoms with E-state index in [0.29, 0.717) is 12.0 Å². The second-order valence-corrected chi connectivity index (χ2v) is 9.24. The minimum absolute atomic E-state index is 0. The molecule has 1 unspecified atom stereocenters. The Hall–Kier alpha value is -1.02. The van der Waals surface area contributed by atoms with Gasteiger partial charge in [-0.3, -0.25) is 6.08 Å². The van der Waals surface area contributed by atoms with Crippen molar-refractivity contribution in [1.29, 1.82) is 0 Å². The monoisotopic (exact) mass is 508 g/mol. The van der Waals surface area contributed by atoms with E-state index in [1.807, 2.05) is 12.1 Å². The predicted octanol–water partition coefficient (Wildman–Crippen LogP) is 8.57. The van der Waals surface area contributed by atoms with Crippen molar-refractivity contribution in [3.63, 3.8) is 0 Å². The van der Waals surface area contributed by atoms with Crippen LogP contribution in [0, 0.1) is 12.0 Å². The van der Waals surface area contributed by atoms with Crippen LogP contribution in [0.2, 0.25) is 13.1 Å². The fourth-order valence-corrected chi connectivity index (χ4v) is 3.35. The van der Waals surface area contributed by atoms with Crippen LogP contribution in [0.15, 0.2) is 77.4 Å². The SMILES string of the molecule is CC1=[C-]C(C)C(C)=C1C.C[SiH]C.[NH-]C1CCCC1.[Zr+2].c1ccc(-c2ccccc2)cc1. The quantitative estimate of drug-likeness (QED) is 0.271. The first kappa shape index (κ1) is 30.0. The summed E-state index contributed by atoms with van der Waals surface area (Å²) in [6.07, 6.45) is 8.26. The molecule has 1 atom stereocenters. The minimum atomic E-state index is 0. The number of rotatable bonds is 1. The Labute approximate surface area is 213 Å². The van der Waals surface area contributed by atoms with Gasteiger partial charge in [0.1, 0.15) is 0 Å². The van der Waals surface area contributed by atoms with Gasteiger partial charge in [0.15, 0.2) is 0 Å². The van der Waals surface area contributed by atoms with Crippen molar-refractivity contribution < 1.29 is 26.2 Å². The summed E-state index contributed by atoms with van der Waals surface area (Å²) in [7, 11) is 0.750. The predicted molar refractivity (Wildman–Crippen MR) is 137 cm³/mol. The molecule has 165 valence electrons. The third-order valence-electron chi connectivity index (χ3n) is 5.47. The van der Waals surface area contributed by atoms with Gasteiger partial charge in [-0.2, -0.15) is 11.1 Å². The second kappa shape index (κ2) is 17.5. The van der Waals surface area contributed by atoms with E-state index in [1.165, 1.54) is 40.7 Å². The number of hydrogen-bond donors (Lipinski definition) is 0. The van der Waals surface area contributed by atoms with Crippen LogP contribution in [0.4, 0.5) is 0 Å². The zero-order valence-corrected chi connectivity index (χ0v) is 23.9. The topological polar surface area (TPSA) is 23.8 Å². The molecule has 0 heterocycles. The molecular weight excluding hydrogens is 470 g/mol. The summed E-state index contributed by atoms with van der Waals surface area (Å²) in [5, 5.41) is 0. The molecule has 31 heavy (non-hydrogen) atoms. The van der Waals surface area contributed by atoms with E-state index >= 15 is 0 Å². The van der Waals surface area contributed by atoms with Gasteiger partial charge in [-0.25, -0.2) is 5.57 Å². The Bertz CT molecular complexity index is 725. The molecule has 0 spiro atoms. The van der Waals surface area contributed by atoms with Gasteiger partial charge < -0.3 is 5.73 Å². The van der Waals surface area contributed by atoms with Gasteiger partial charge in [-0.15, -0.1) is 13.0 Å². The van der Waals surface area contributed by atoms with Crippen LogP contribution in [0.1, 0.15) is 53.4 Å². The largest absolute Gasteiger partial charge is 2.00 e. The molecule has 0 aromatic heterocycles. The average molecular weight is 510 g/mol. The molecule has 2 aromatic carbocycles. The fourth-order valence-electron chi connectivity index (χ4n) is 3.35. The van der Waals surface area contributed by atoms with Crippen LogP contribution in [-0.2, 0) is 26.2 Å². The van der Waals surface area contributed by atoms with Crippen LogP contribution in [0.3, 0.4) is 0 Å². The summed E-state index contributed by atoms with van der Waals surface area (Å²) in [6.45, 7) is 13.1. The third-order valence-corrected chi connectivity index (χ3v) is 5.47. The van der Waals surface area contributed by atoms with Gasteiger partial charge in [0.25, 0.3) is 0 Å². The molecule has 0 amide bonds. The van der Waals surface area contributed by atoms with E-state index < -0.39 is 0 Å². The van der Waals surface area contributed by atoms with E-state index in [4.69, 9.17) is 5.73 Å². The maximum absolute atomic E-state index is 7.13. The van der Waals surface area contributed by atoms with Crippen LogP contribution in [-0.4, -0.2) is 15.6 Å². The number of hydrogen-bond acceptors (Lipinski definition) is 0. The van der Waals surface area contributed by atoms with E-state index in [9.17, 15) is 0 Å². The molecule has 1 radical (unpaired) electrons. The zero-order valence-electron chi connectivity index (χ0n) is 20.3. The van der Waals surface area contributed by atoms with Crippen LogP contribution in [0.5, 0.6) is 0 Å². The Balaban J connectivity index is 0.000000421. The van der Waals surface area contributed by atoms with Crippen LogP contribution < -0.4 is 0 Å². The normalized spacial score (nSPS) is 17.1. The summed E-state index contributed by atoms with van der Waals surface area (Å²) >= 11 is 0. The maximum Gasteiger partial charge on any atom is 2.00 e. The van der Waals surface area contributed by atoms with Crippen molar-refractivity contribution >= 4 is 9.52 Å². The first-order valence-electron chi connectivity index (χ1n) is 11.2. The summed E-state index contributed by atoms with van der Waals surface area (Å²) in [4.78, 5) is 0. The van der Waals surface area contributed by atoms with E-state index in [0.717, 1.165) is 22.4 Å². The Kier molecular flexibility index (Phi) is 16.9. The molecule has 2 aliphatic carbocycles. The molecular formula is C28H40NSiZr. The van der Waals surface area contributed by atoms with Gasteiger partial charge in [-0.05, 0) is 11.1 Å². The van der Waals surface area contributed by atoms with Gasteiger partial charge in [0, 0.05) is 9.52 Å². The van der Waals surface area contributed by atoms with Crippen molar-refractivity contribution in [3.05, 3.63) is 89.2 Å². The molecule has 0 saturated heterocycles. The Morgan fingerprint density at radius 1 is 0.806 bits per heavy atom. The molecule has 4 rings (SSSR count). The number of benzene rings is 2. The molecule has 1 nitrogen and oxygen atoms in total. The first-order valence-corrected chi connectivity index (χ1v) is 13.5. The molecule has 1 saturated carbocycles. The average Bonchev–Trinajstić information content (AvgIpc) is 3.33. The zero-order chi connectivity index (χ0) is 22.4. The standard InChI is InChI=1S/C12H10.C9H13.C5H10N.C2H7Si.Zr/c1-3-7-11(8-4-1)12-9-5-2-6-10-12;1-6-5-7(2)9(4)8(6)3;6-5-3-1-2-4-5;1-3-2;/h1-10H;6H,1-4H3;5-6H,1-4H2;3H,1-2H3;/q;2*-1;;+2. The molecule has 0 aliphatic heterocycles. The van der Waals surface area contributed by atoms with Crippen LogP contribution >= 0.6 is 0 Å². The Morgan fingerprint density at radius 2 is 1.19 bits per heavy atom. The van der Waals surface area contributed by atoms with Gasteiger partial charge in [0.05, 0.1) is 0 Å². The molecule has 0 bridgehead atoms. The summed E-state index contributed by atoms with van der Waals surface area (Å²) in [5.74, 6) is 0.560. The molecule has 3 heteroatoms. The molecule has 1 fully saturated rings. The van der Waals surface area contributed by atoms with Crippen molar-refractivity contribution in [3.8, 4) is 11.1 Å². The number of allylic oxidation sites excluding steroid dienone is 4. The summed E-state index contributed by atoms with van der Waals surface area (Å²) in [6, 6.07) is 21.1. The summed E-state index contributed by atoms with van der Waals surface area (Å²) < 4.78 is 0. The molecule has 1 N–H and O–H groups in total. The van der Waals surface area contributed by atoms with Gasteiger partial charge in [0.2, 0.25) is 0 Å². The van der Waals surface area contributed by atoms with Crippen molar-refractivity contribution in [2.75, 3.05) is 0 Å².